The Labute approximate surface area is 59.9 Å². The van der Waals surface area contributed by atoms with Crippen LogP contribution < -0.4 is 16.4 Å². The Bertz CT molecular complexity index is 86.9. The number of carbonyl (C=O) groups excluding carboxylic acids is 1. The van der Waals surface area contributed by atoms with Crippen LogP contribution in [0.15, 0.2) is 0 Å². The lowest BCUT2D eigenvalue weighted by atomic mass is 10.6. The van der Waals surface area contributed by atoms with Gasteiger partial charge >= 0.3 is 6.03 Å². The largest absolute Gasteiger partial charge is 0.364 e. The minimum atomic E-state index is -0.257. The smallest absolute Gasteiger partial charge is 0.316 e. The Morgan fingerprint density at radius 1 is 1.60 bits per heavy atom. The third kappa shape index (κ3) is 5.33. The number of nitrogens with two attached hydrogens (primary N) is 1. The van der Waals surface area contributed by atoms with Gasteiger partial charge in [0.2, 0.25) is 0 Å². The van der Waals surface area contributed by atoms with Crippen molar-refractivity contribution in [3.05, 3.63) is 0 Å². The highest BCUT2D eigenvalue weighted by Crippen LogP contribution is 1.63. The van der Waals surface area contributed by atoms with E-state index in [1.807, 2.05) is 0 Å². The SMILES string of the molecule is COCNC(=O)NCCN. The molecule has 10 heavy (non-hydrogen) atoms. The highest BCUT2D eigenvalue weighted by Gasteiger charge is 1.93. The van der Waals surface area contributed by atoms with Gasteiger partial charge in [-0.15, -0.1) is 0 Å². The number of amides is 2. The van der Waals surface area contributed by atoms with Gasteiger partial charge in [0.15, 0.2) is 0 Å². The zero-order valence-corrected chi connectivity index (χ0v) is 6.02. The van der Waals surface area contributed by atoms with Crippen molar-refractivity contribution >= 4 is 6.03 Å². The van der Waals surface area contributed by atoms with Crippen LogP contribution in [0, 0.1) is 0 Å². The molecule has 0 radical (unpaired) electrons. The molecule has 0 aliphatic heterocycles. The van der Waals surface area contributed by atoms with Crippen molar-refractivity contribution in [1.29, 1.82) is 0 Å². The molecular weight excluding hydrogens is 134 g/mol. The molecule has 0 heterocycles. The summed E-state index contributed by atoms with van der Waals surface area (Å²) in [5.41, 5.74) is 5.13. The van der Waals surface area contributed by atoms with Crippen LogP contribution in [0.2, 0.25) is 0 Å². The molecule has 0 saturated heterocycles. The molecule has 0 fully saturated rings. The lowest BCUT2D eigenvalue weighted by molar-refractivity contribution is 0.172. The van der Waals surface area contributed by atoms with Crippen molar-refractivity contribution in [2.75, 3.05) is 26.9 Å². The molecule has 0 aromatic carbocycles. The van der Waals surface area contributed by atoms with Crippen molar-refractivity contribution in [2.45, 2.75) is 0 Å². The van der Waals surface area contributed by atoms with Gasteiger partial charge in [0, 0.05) is 20.2 Å². The number of hydrogen-bond acceptors (Lipinski definition) is 3. The number of methoxy groups -OCH3 is 1. The second-order valence-electron chi connectivity index (χ2n) is 1.65. The zero-order chi connectivity index (χ0) is 7.82. The second-order valence-corrected chi connectivity index (χ2v) is 1.65. The van der Waals surface area contributed by atoms with E-state index in [9.17, 15) is 4.79 Å². The van der Waals surface area contributed by atoms with Gasteiger partial charge in [0.1, 0.15) is 6.73 Å². The summed E-state index contributed by atoms with van der Waals surface area (Å²) in [5.74, 6) is 0. The summed E-state index contributed by atoms with van der Waals surface area (Å²) >= 11 is 0. The first-order valence-electron chi connectivity index (χ1n) is 3.02. The maximum absolute atomic E-state index is 10.6. The number of rotatable bonds is 4. The average molecular weight is 147 g/mol. The van der Waals surface area contributed by atoms with E-state index >= 15 is 0 Å². The molecule has 0 bridgehead atoms. The molecular formula is C5H13N3O2. The van der Waals surface area contributed by atoms with Crippen molar-refractivity contribution in [3.63, 3.8) is 0 Å². The second kappa shape index (κ2) is 6.31. The van der Waals surface area contributed by atoms with E-state index in [1.54, 1.807) is 0 Å². The first-order valence-corrected chi connectivity index (χ1v) is 3.02. The van der Waals surface area contributed by atoms with Crippen LogP contribution in [-0.4, -0.2) is 33.0 Å². The predicted octanol–water partition coefficient (Wildman–Crippen LogP) is -1.15. The number of ether oxygens (including phenoxy) is 1. The molecule has 60 valence electrons. The summed E-state index contributed by atoms with van der Waals surface area (Å²) in [5, 5.41) is 4.95. The minimum absolute atomic E-state index is 0.219. The van der Waals surface area contributed by atoms with E-state index in [0.717, 1.165) is 0 Å². The van der Waals surface area contributed by atoms with Gasteiger partial charge in [0.25, 0.3) is 0 Å². The van der Waals surface area contributed by atoms with Crippen molar-refractivity contribution in [1.82, 2.24) is 10.6 Å². The molecule has 0 atom stereocenters. The molecule has 5 nitrogen and oxygen atoms in total. The normalized spacial score (nSPS) is 9.00. The van der Waals surface area contributed by atoms with Crippen LogP contribution in [0.3, 0.4) is 0 Å². The summed E-state index contributed by atoms with van der Waals surface area (Å²) in [7, 11) is 1.50. The fourth-order valence-electron chi connectivity index (χ4n) is 0.386. The quantitative estimate of drug-likeness (QED) is 0.439. The van der Waals surface area contributed by atoms with Crippen LogP contribution in [0.25, 0.3) is 0 Å². The van der Waals surface area contributed by atoms with E-state index in [0.29, 0.717) is 13.1 Å². The minimum Gasteiger partial charge on any atom is -0.364 e. The highest BCUT2D eigenvalue weighted by atomic mass is 16.5. The van der Waals surface area contributed by atoms with Gasteiger partial charge in [-0.3, -0.25) is 0 Å². The van der Waals surface area contributed by atoms with Gasteiger partial charge in [-0.05, 0) is 0 Å². The Hall–Kier alpha value is -0.810. The lowest BCUT2D eigenvalue weighted by Gasteiger charge is -2.03. The molecule has 0 aliphatic carbocycles. The Morgan fingerprint density at radius 2 is 2.30 bits per heavy atom. The van der Waals surface area contributed by atoms with E-state index in [4.69, 9.17) is 5.73 Å². The molecule has 0 spiro atoms. The molecule has 4 N–H and O–H groups in total. The van der Waals surface area contributed by atoms with E-state index < -0.39 is 0 Å². The third-order valence-corrected chi connectivity index (χ3v) is 0.807. The molecule has 2 amide bonds. The third-order valence-electron chi connectivity index (χ3n) is 0.807. The van der Waals surface area contributed by atoms with Gasteiger partial charge in [-0.2, -0.15) is 0 Å². The van der Waals surface area contributed by atoms with E-state index in [2.05, 4.69) is 15.4 Å². The fraction of sp³-hybridized carbons (Fsp3) is 0.800. The number of carbonyl (C=O) groups is 1. The molecule has 0 aliphatic rings. The van der Waals surface area contributed by atoms with Crippen LogP contribution >= 0.6 is 0 Å². The Kier molecular flexibility index (Phi) is 5.80. The molecule has 0 unspecified atom stereocenters. The topological polar surface area (TPSA) is 76.4 Å². The molecule has 0 rings (SSSR count). The van der Waals surface area contributed by atoms with Crippen molar-refractivity contribution in [3.8, 4) is 0 Å². The maximum Gasteiger partial charge on any atom is 0.316 e. The van der Waals surface area contributed by atoms with Gasteiger partial charge in [-0.1, -0.05) is 0 Å². The zero-order valence-electron chi connectivity index (χ0n) is 6.02. The first-order chi connectivity index (χ1) is 4.81. The highest BCUT2D eigenvalue weighted by molar-refractivity contribution is 5.73. The number of nitrogens with one attached hydrogen (secondary N) is 2. The Morgan fingerprint density at radius 3 is 2.80 bits per heavy atom. The van der Waals surface area contributed by atoms with Gasteiger partial charge in [0.05, 0.1) is 0 Å². The van der Waals surface area contributed by atoms with Crippen LogP contribution in [-0.2, 0) is 4.74 Å². The number of hydrogen-bond donors (Lipinski definition) is 3. The molecule has 5 heteroatoms. The van der Waals surface area contributed by atoms with E-state index in [1.165, 1.54) is 7.11 Å². The van der Waals surface area contributed by atoms with Crippen molar-refractivity contribution < 1.29 is 9.53 Å². The van der Waals surface area contributed by atoms with Crippen LogP contribution in [0.4, 0.5) is 4.79 Å². The lowest BCUT2D eigenvalue weighted by Crippen LogP contribution is -2.38. The molecule has 0 saturated carbocycles. The number of urea groups is 1. The van der Waals surface area contributed by atoms with Gasteiger partial charge < -0.3 is 21.1 Å². The van der Waals surface area contributed by atoms with E-state index in [-0.39, 0.29) is 12.8 Å². The van der Waals surface area contributed by atoms with Crippen LogP contribution in [0.1, 0.15) is 0 Å². The average Bonchev–Trinajstić information content (AvgIpc) is 1.97. The summed E-state index contributed by atoms with van der Waals surface area (Å²) < 4.78 is 4.59. The molecule has 0 aromatic rings. The maximum atomic E-state index is 10.6. The monoisotopic (exact) mass is 147 g/mol. The fourth-order valence-corrected chi connectivity index (χ4v) is 0.386. The summed E-state index contributed by atoms with van der Waals surface area (Å²) in [6.45, 7) is 1.15. The van der Waals surface area contributed by atoms with Crippen LogP contribution in [0.5, 0.6) is 0 Å². The Balaban J connectivity index is 3.09. The van der Waals surface area contributed by atoms with Crippen molar-refractivity contribution in [2.24, 2.45) is 5.73 Å². The summed E-state index contributed by atoms with van der Waals surface area (Å²) in [6, 6.07) is -0.257. The van der Waals surface area contributed by atoms with Gasteiger partial charge in [-0.25, -0.2) is 4.79 Å². The standard InChI is InChI=1S/C5H13N3O2/c1-10-4-8-5(9)7-3-2-6/h2-4,6H2,1H3,(H2,7,8,9). The predicted molar refractivity (Wildman–Crippen MR) is 37.5 cm³/mol. The summed E-state index contributed by atoms with van der Waals surface area (Å²) in [6.07, 6.45) is 0. The summed E-state index contributed by atoms with van der Waals surface area (Å²) in [4.78, 5) is 10.6. The first kappa shape index (κ1) is 9.19. The molecule has 0 aromatic heterocycles.